The summed E-state index contributed by atoms with van der Waals surface area (Å²) >= 11 is 0. The molecule has 1 rings (SSSR count). The van der Waals surface area contributed by atoms with Crippen LogP contribution in [0.3, 0.4) is 0 Å². The molecule has 0 aliphatic rings. The number of nitrogen functional groups attached to an aromatic ring is 1. The van der Waals surface area contributed by atoms with E-state index in [2.05, 4.69) is 4.98 Å². The van der Waals surface area contributed by atoms with Gasteiger partial charge in [0.1, 0.15) is 18.9 Å². The zero-order chi connectivity index (χ0) is 11.3. The predicted octanol–water partition coefficient (Wildman–Crippen LogP) is 0.826. The number of nitrogens with two attached hydrogens (primary N) is 1. The van der Waals surface area contributed by atoms with Crippen LogP contribution in [0.1, 0.15) is 5.56 Å². The lowest BCUT2D eigenvalue weighted by Crippen LogP contribution is -2.25. The monoisotopic (exact) mass is 201 g/mol. The predicted molar refractivity (Wildman–Crippen MR) is 56.8 cm³/mol. The first-order valence-electron chi connectivity index (χ1n) is 4.40. The molecule has 15 heavy (non-hydrogen) atoms. The molecule has 0 unspecified atom stereocenters. The van der Waals surface area contributed by atoms with Gasteiger partial charge in [-0.3, -0.25) is 0 Å². The summed E-state index contributed by atoms with van der Waals surface area (Å²) in [6.07, 6.45) is 1.52. The first-order valence-corrected chi connectivity index (χ1v) is 4.40. The van der Waals surface area contributed by atoms with E-state index in [1.165, 1.54) is 6.20 Å². The average Bonchev–Trinajstić information content (AvgIpc) is 2.17. The molecule has 0 aliphatic carbocycles. The van der Waals surface area contributed by atoms with Gasteiger partial charge in [0.05, 0.1) is 24.0 Å². The van der Waals surface area contributed by atoms with E-state index in [9.17, 15) is 0 Å². The fraction of sp³-hybridized carbons (Fsp3) is 0.300. The Balaban J connectivity index is 3.02. The van der Waals surface area contributed by atoms with Gasteiger partial charge in [-0.15, -0.1) is 0 Å². The van der Waals surface area contributed by atoms with Crippen molar-refractivity contribution in [3.63, 3.8) is 0 Å². The normalized spacial score (nSPS) is 9.00. The summed E-state index contributed by atoms with van der Waals surface area (Å²) < 4.78 is 0. The first-order chi connectivity index (χ1) is 7.19. The summed E-state index contributed by atoms with van der Waals surface area (Å²) in [6.45, 7) is 2.14. The Morgan fingerprint density at radius 3 is 2.47 bits per heavy atom. The van der Waals surface area contributed by atoms with Crippen LogP contribution in [0, 0.1) is 29.6 Å². The van der Waals surface area contributed by atoms with Gasteiger partial charge < -0.3 is 10.6 Å². The Morgan fingerprint density at radius 2 is 2.00 bits per heavy atom. The molecule has 5 nitrogen and oxygen atoms in total. The van der Waals surface area contributed by atoms with Crippen molar-refractivity contribution < 1.29 is 0 Å². The van der Waals surface area contributed by atoms with Crippen LogP contribution in [0.2, 0.25) is 0 Å². The highest BCUT2D eigenvalue weighted by Gasteiger charge is 2.09. The highest BCUT2D eigenvalue weighted by molar-refractivity contribution is 5.53. The molecule has 1 heterocycles. The van der Waals surface area contributed by atoms with Crippen LogP contribution in [-0.2, 0) is 0 Å². The molecule has 0 saturated carbocycles. The van der Waals surface area contributed by atoms with Crippen molar-refractivity contribution in [2.24, 2.45) is 0 Å². The molecular weight excluding hydrogens is 190 g/mol. The lowest BCUT2D eigenvalue weighted by molar-refractivity contribution is 0.927. The van der Waals surface area contributed by atoms with Crippen molar-refractivity contribution in [3.05, 3.63) is 17.8 Å². The maximum Gasteiger partial charge on any atom is 0.133 e. The third-order valence-corrected chi connectivity index (χ3v) is 1.89. The maximum atomic E-state index is 8.62. The summed E-state index contributed by atoms with van der Waals surface area (Å²) in [6, 6.07) is 5.76. The van der Waals surface area contributed by atoms with E-state index in [1.807, 2.05) is 19.1 Å². The lowest BCUT2D eigenvalue weighted by atomic mass is 10.2. The third kappa shape index (κ3) is 2.58. The lowest BCUT2D eigenvalue weighted by Gasteiger charge is -2.18. The molecular formula is C10H11N5. The summed E-state index contributed by atoms with van der Waals surface area (Å²) in [7, 11) is 0. The minimum Gasteiger partial charge on any atom is -0.397 e. The Hall–Kier alpha value is -2.27. The van der Waals surface area contributed by atoms with Crippen LogP contribution < -0.4 is 10.6 Å². The van der Waals surface area contributed by atoms with Crippen LogP contribution in [0.4, 0.5) is 11.5 Å². The summed E-state index contributed by atoms with van der Waals surface area (Å²) in [5.41, 5.74) is 7.00. The molecule has 0 bridgehead atoms. The molecule has 0 atom stereocenters. The summed E-state index contributed by atoms with van der Waals surface area (Å²) in [5, 5.41) is 17.2. The molecule has 5 heteroatoms. The van der Waals surface area contributed by atoms with Gasteiger partial charge in [-0.2, -0.15) is 10.5 Å². The molecule has 0 aliphatic heterocycles. The molecule has 0 saturated heterocycles. The van der Waals surface area contributed by atoms with Gasteiger partial charge in [0.2, 0.25) is 0 Å². The molecule has 0 spiro atoms. The molecule has 0 fully saturated rings. The molecule has 0 amide bonds. The van der Waals surface area contributed by atoms with Crippen LogP contribution in [0.15, 0.2) is 12.3 Å². The standard InChI is InChI=1S/C10H11N5/c1-8-6-9(13)7-14-10(8)15(4-2-11)5-3-12/h6-7H,4-5,13H2,1H3. The zero-order valence-electron chi connectivity index (χ0n) is 8.44. The number of pyridine rings is 1. The molecule has 2 N–H and O–H groups in total. The Labute approximate surface area is 88.4 Å². The number of rotatable bonds is 3. The van der Waals surface area contributed by atoms with E-state index >= 15 is 0 Å². The van der Waals surface area contributed by atoms with Gasteiger partial charge in [-0.1, -0.05) is 0 Å². The summed E-state index contributed by atoms with van der Waals surface area (Å²) in [5.74, 6) is 0.632. The number of hydrogen-bond donors (Lipinski definition) is 1. The SMILES string of the molecule is Cc1cc(N)cnc1N(CC#N)CC#N. The van der Waals surface area contributed by atoms with Crippen LogP contribution >= 0.6 is 0 Å². The number of nitrogens with zero attached hydrogens (tertiary/aromatic N) is 4. The Bertz CT molecular complexity index is 410. The van der Waals surface area contributed by atoms with E-state index in [0.29, 0.717) is 11.5 Å². The van der Waals surface area contributed by atoms with Crippen molar-refractivity contribution in [1.29, 1.82) is 10.5 Å². The molecule has 1 aromatic heterocycles. The average molecular weight is 201 g/mol. The van der Waals surface area contributed by atoms with Crippen molar-refractivity contribution in [1.82, 2.24) is 4.98 Å². The minimum atomic E-state index is 0.144. The first kappa shape index (κ1) is 10.8. The number of aromatic nitrogens is 1. The second-order valence-corrected chi connectivity index (χ2v) is 3.08. The van der Waals surface area contributed by atoms with Crippen LogP contribution in [0.5, 0.6) is 0 Å². The second-order valence-electron chi connectivity index (χ2n) is 3.08. The quantitative estimate of drug-likeness (QED) is 0.731. The molecule has 0 aromatic carbocycles. The van der Waals surface area contributed by atoms with E-state index in [-0.39, 0.29) is 13.1 Å². The maximum absolute atomic E-state index is 8.62. The van der Waals surface area contributed by atoms with E-state index < -0.39 is 0 Å². The molecule has 1 aromatic rings. The van der Waals surface area contributed by atoms with Crippen molar-refractivity contribution in [2.45, 2.75) is 6.92 Å². The fourth-order valence-electron chi connectivity index (χ4n) is 1.30. The van der Waals surface area contributed by atoms with Crippen molar-refractivity contribution >= 4 is 11.5 Å². The number of aryl methyl sites for hydroxylation is 1. The second kappa shape index (κ2) is 4.83. The summed E-state index contributed by atoms with van der Waals surface area (Å²) in [4.78, 5) is 5.72. The van der Waals surface area contributed by atoms with Crippen LogP contribution in [0.25, 0.3) is 0 Å². The highest BCUT2D eigenvalue weighted by Crippen LogP contribution is 2.18. The van der Waals surface area contributed by atoms with Gasteiger partial charge in [0.15, 0.2) is 0 Å². The fourth-order valence-corrected chi connectivity index (χ4v) is 1.30. The molecule has 76 valence electrons. The van der Waals surface area contributed by atoms with E-state index in [0.717, 1.165) is 5.56 Å². The zero-order valence-corrected chi connectivity index (χ0v) is 8.44. The van der Waals surface area contributed by atoms with E-state index in [4.69, 9.17) is 16.3 Å². The molecule has 0 radical (unpaired) electrons. The van der Waals surface area contributed by atoms with Gasteiger partial charge in [-0.05, 0) is 18.6 Å². The smallest absolute Gasteiger partial charge is 0.133 e. The highest BCUT2D eigenvalue weighted by atomic mass is 15.2. The number of hydrogen-bond acceptors (Lipinski definition) is 5. The third-order valence-electron chi connectivity index (χ3n) is 1.89. The van der Waals surface area contributed by atoms with Crippen molar-refractivity contribution in [2.75, 3.05) is 23.7 Å². The Kier molecular flexibility index (Phi) is 3.48. The van der Waals surface area contributed by atoms with E-state index in [1.54, 1.807) is 11.0 Å². The Morgan fingerprint density at radius 1 is 1.40 bits per heavy atom. The van der Waals surface area contributed by atoms with Gasteiger partial charge >= 0.3 is 0 Å². The number of anilines is 2. The van der Waals surface area contributed by atoms with Gasteiger partial charge in [0, 0.05) is 0 Å². The topological polar surface area (TPSA) is 89.7 Å². The van der Waals surface area contributed by atoms with Crippen molar-refractivity contribution in [3.8, 4) is 12.1 Å². The van der Waals surface area contributed by atoms with Crippen LogP contribution in [-0.4, -0.2) is 18.1 Å². The van der Waals surface area contributed by atoms with Gasteiger partial charge in [-0.25, -0.2) is 4.98 Å². The largest absolute Gasteiger partial charge is 0.397 e. The minimum absolute atomic E-state index is 0.144. The number of nitriles is 2. The van der Waals surface area contributed by atoms with Gasteiger partial charge in [0.25, 0.3) is 0 Å².